The third-order valence-corrected chi connectivity index (χ3v) is 8.28. The Bertz CT molecular complexity index is 1400. The van der Waals surface area contributed by atoms with Gasteiger partial charge in [0.15, 0.2) is 0 Å². The van der Waals surface area contributed by atoms with E-state index < -0.39 is 0 Å². The predicted molar refractivity (Wildman–Crippen MR) is 152 cm³/mol. The van der Waals surface area contributed by atoms with Crippen molar-refractivity contribution < 1.29 is 0 Å². The fourth-order valence-electron chi connectivity index (χ4n) is 6.06. The second-order valence-corrected chi connectivity index (χ2v) is 10.7. The lowest BCUT2D eigenvalue weighted by atomic mass is 9.81. The van der Waals surface area contributed by atoms with Crippen molar-refractivity contribution in [3.05, 3.63) is 84.1 Å². The highest BCUT2D eigenvalue weighted by Crippen LogP contribution is 2.39. The average molecular weight is 493 g/mol. The van der Waals surface area contributed by atoms with Gasteiger partial charge in [0.1, 0.15) is 22.9 Å². The number of nitrogens with zero attached hydrogens (tertiary/aromatic N) is 5. The van der Waals surface area contributed by atoms with Crippen LogP contribution in [0.2, 0.25) is 0 Å². The van der Waals surface area contributed by atoms with Crippen LogP contribution >= 0.6 is 0 Å². The van der Waals surface area contributed by atoms with Gasteiger partial charge in [0.05, 0.1) is 5.70 Å². The molecule has 3 aliphatic rings. The molecule has 2 aromatic heterocycles. The minimum atomic E-state index is 0.302. The number of benzene rings is 1. The minimum Gasteiger partial charge on any atom is -0.382 e. The van der Waals surface area contributed by atoms with Crippen LogP contribution in [0.3, 0.4) is 0 Å². The molecule has 3 aromatic rings. The molecule has 37 heavy (non-hydrogen) atoms. The van der Waals surface area contributed by atoms with Gasteiger partial charge in [-0.25, -0.2) is 9.97 Å². The zero-order chi connectivity index (χ0) is 25.4. The van der Waals surface area contributed by atoms with Crippen LogP contribution in [0.25, 0.3) is 16.8 Å². The maximum Gasteiger partial charge on any atom is 0.150 e. The van der Waals surface area contributed by atoms with E-state index >= 15 is 0 Å². The normalized spacial score (nSPS) is 23.5. The van der Waals surface area contributed by atoms with Gasteiger partial charge in [0.2, 0.25) is 0 Å². The fourth-order valence-corrected chi connectivity index (χ4v) is 6.06. The Labute approximate surface area is 219 Å². The van der Waals surface area contributed by atoms with E-state index in [2.05, 4.69) is 76.8 Å². The topological polar surface area (TPSA) is 71.8 Å². The summed E-state index contributed by atoms with van der Waals surface area (Å²) in [5, 5.41) is 0. The monoisotopic (exact) mass is 492 g/mol. The first-order valence-corrected chi connectivity index (χ1v) is 13.7. The van der Waals surface area contributed by atoms with Crippen LogP contribution in [0, 0.1) is 11.8 Å². The molecule has 6 rings (SSSR count). The summed E-state index contributed by atoms with van der Waals surface area (Å²) >= 11 is 0. The molecule has 2 N–H and O–H groups in total. The summed E-state index contributed by atoms with van der Waals surface area (Å²) in [7, 11) is 2.22. The quantitative estimate of drug-likeness (QED) is 0.459. The number of allylic oxidation sites excluding steroid dienone is 5. The van der Waals surface area contributed by atoms with Gasteiger partial charge < -0.3 is 10.6 Å². The van der Waals surface area contributed by atoms with Crippen LogP contribution in [0.4, 0.5) is 5.82 Å². The van der Waals surface area contributed by atoms with Gasteiger partial charge in [0, 0.05) is 42.1 Å². The summed E-state index contributed by atoms with van der Waals surface area (Å²) in [4.78, 5) is 17.2. The molecule has 1 aliphatic heterocycles. The van der Waals surface area contributed by atoms with Gasteiger partial charge in [0.25, 0.3) is 0 Å². The first-order chi connectivity index (χ1) is 18.1. The van der Waals surface area contributed by atoms with Gasteiger partial charge in [-0.05, 0) is 63.3 Å². The lowest BCUT2D eigenvalue weighted by molar-refractivity contribution is 0.228. The van der Waals surface area contributed by atoms with Crippen molar-refractivity contribution in [3.63, 3.8) is 0 Å². The number of nitrogens with two attached hydrogens (primary N) is 1. The Morgan fingerprint density at radius 2 is 1.92 bits per heavy atom. The summed E-state index contributed by atoms with van der Waals surface area (Å²) in [6, 6.07) is 10.4. The zero-order valence-corrected chi connectivity index (χ0v) is 21.8. The molecule has 0 spiro atoms. The molecular weight excluding hydrogens is 456 g/mol. The number of hydrogen-bond acceptors (Lipinski definition) is 5. The largest absolute Gasteiger partial charge is 0.382 e. The van der Waals surface area contributed by atoms with Crippen molar-refractivity contribution >= 4 is 28.3 Å². The molecule has 1 aromatic carbocycles. The highest BCUT2D eigenvalue weighted by Gasteiger charge is 2.29. The maximum absolute atomic E-state index is 6.46. The van der Waals surface area contributed by atoms with E-state index in [4.69, 9.17) is 15.7 Å². The van der Waals surface area contributed by atoms with Crippen LogP contribution in [0.1, 0.15) is 62.0 Å². The van der Waals surface area contributed by atoms with Crippen LogP contribution in [0.15, 0.2) is 72.0 Å². The summed E-state index contributed by atoms with van der Waals surface area (Å²) < 4.78 is 2.19. The van der Waals surface area contributed by atoms with Gasteiger partial charge in [-0.1, -0.05) is 55.5 Å². The summed E-state index contributed by atoms with van der Waals surface area (Å²) in [6.45, 7) is 4.53. The van der Waals surface area contributed by atoms with Crippen molar-refractivity contribution in [2.24, 2.45) is 16.8 Å². The number of aliphatic imine (C=N–C) groups is 1. The summed E-state index contributed by atoms with van der Waals surface area (Å²) in [5.74, 6) is 3.16. The second-order valence-electron chi connectivity index (χ2n) is 10.7. The third-order valence-electron chi connectivity index (χ3n) is 8.28. The molecule has 1 unspecified atom stereocenters. The fraction of sp³-hybridized carbons (Fsp3) is 0.387. The molecule has 0 bridgehead atoms. The second kappa shape index (κ2) is 10.1. The van der Waals surface area contributed by atoms with E-state index in [0.717, 1.165) is 71.3 Å². The first kappa shape index (κ1) is 23.9. The lowest BCUT2D eigenvalue weighted by Crippen LogP contribution is -2.28. The molecular formula is C31H36N6. The molecule has 6 nitrogen and oxygen atoms in total. The number of fused-ring (bicyclic) bond motifs is 2. The molecule has 190 valence electrons. The molecule has 0 saturated heterocycles. The molecule has 6 heteroatoms. The Balaban J connectivity index is 1.32. The molecule has 1 fully saturated rings. The van der Waals surface area contributed by atoms with E-state index in [-0.39, 0.29) is 0 Å². The molecule has 0 radical (unpaired) electrons. The minimum absolute atomic E-state index is 0.302. The van der Waals surface area contributed by atoms with Crippen LogP contribution in [-0.2, 0) is 0 Å². The van der Waals surface area contributed by atoms with Gasteiger partial charge in [-0.2, -0.15) is 0 Å². The first-order valence-electron chi connectivity index (χ1n) is 13.7. The number of rotatable bonds is 6. The van der Waals surface area contributed by atoms with E-state index in [1.54, 1.807) is 6.20 Å². The standard InChI is InChI=1S/C31H36N6/c1-3-36(2)20-21-9-11-24(12-10-21)31-35-28(29-30(32)33-17-18-37(29)31)25-14-13-23-15-16-26(34-27(23)19-25)22-7-5-4-6-8-22/h4-8,13-14,16-19,21,23-24H,3,9-12,15,20H2,1-2H3,(H2,32,33)/t21-,23?,24-. The molecule has 1 atom stereocenters. The Morgan fingerprint density at radius 3 is 2.70 bits per heavy atom. The average Bonchev–Trinajstić information content (AvgIpc) is 3.34. The van der Waals surface area contributed by atoms with Crippen molar-refractivity contribution in [2.75, 3.05) is 25.9 Å². The van der Waals surface area contributed by atoms with Gasteiger partial charge >= 0.3 is 0 Å². The summed E-state index contributed by atoms with van der Waals surface area (Å²) in [5.41, 5.74) is 12.6. The Morgan fingerprint density at radius 1 is 1.11 bits per heavy atom. The molecule has 1 saturated carbocycles. The number of hydrogen-bond donors (Lipinski definition) is 1. The Kier molecular flexibility index (Phi) is 6.51. The van der Waals surface area contributed by atoms with Crippen molar-refractivity contribution in [1.82, 2.24) is 19.3 Å². The SMILES string of the molecule is CCN(C)C[C@H]1CC[C@H](c2nc(C3=CC4=NC(c5ccccc5)=CCC4C=C3)c3c(N)nccn32)CC1. The Hall–Kier alpha value is -3.51. The molecule has 2 aliphatic carbocycles. The van der Waals surface area contributed by atoms with E-state index in [9.17, 15) is 0 Å². The highest BCUT2D eigenvalue weighted by atomic mass is 15.1. The van der Waals surface area contributed by atoms with E-state index in [0.29, 0.717) is 17.7 Å². The number of imidazole rings is 1. The van der Waals surface area contributed by atoms with Gasteiger partial charge in [-0.15, -0.1) is 0 Å². The van der Waals surface area contributed by atoms with Crippen molar-refractivity contribution in [1.29, 1.82) is 0 Å². The van der Waals surface area contributed by atoms with Crippen LogP contribution < -0.4 is 5.73 Å². The lowest BCUT2D eigenvalue weighted by Gasteiger charge is -2.30. The smallest absolute Gasteiger partial charge is 0.150 e. The van der Waals surface area contributed by atoms with Gasteiger partial charge in [-0.3, -0.25) is 9.39 Å². The molecule has 0 amide bonds. The van der Waals surface area contributed by atoms with Crippen LogP contribution in [-0.4, -0.2) is 45.1 Å². The number of nitrogen functional groups attached to an aromatic ring is 1. The van der Waals surface area contributed by atoms with Crippen LogP contribution in [0.5, 0.6) is 0 Å². The van der Waals surface area contributed by atoms with E-state index in [1.807, 2.05) is 12.3 Å². The number of anilines is 1. The molecule has 3 heterocycles. The predicted octanol–water partition coefficient (Wildman–Crippen LogP) is 5.99. The van der Waals surface area contributed by atoms with Crippen molar-refractivity contribution in [2.45, 2.75) is 44.9 Å². The highest BCUT2D eigenvalue weighted by molar-refractivity contribution is 6.10. The maximum atomic E-state index is 6.46. The third kappa shape index (κ3) is 4.66. The zero-order valence-electron chi connectivity index (χ0n) is 21.8. The van der Waals surface area contributed by atoms with Crippen molar-refractivity contribution in [3.8, 4) is 0 Å². The van der Waals surface area contributed by atoms with E-state index in [1.165, 1.54) is 19.4 Å². The number of aromatic nitrogens is 3. The summed E-state index contributed by atoms with van der Waals surface area (Å²) in [6.07, 6.45) is 18.5.